The van der Waals surface area contributed by atoms with Crippen LogP contribution in [0, 0.1) is 5.41 Å². The van der Waals surface area contributed by atoms with Crippen LogP contribution >= 0.6 is 0 Å². The largest absolute Gasteiger partial charge is 0.352 e. The Morgan fingerprint density at radius 2 is 1.89 bits per heavy atom. The highest BCUT2D eigenvalue weighted by molar-refractivity contribution is 5.97. The summed E-state index contributed by atoms with van der Waals surface area (Å²) in [6.45, 7) is 8.49. The van der Waals surface area contributed by atoms with E-state index >= 15 is 0 Å². The molecule has 4 heteroatoms. The van der Waals surface area contributed by atoms with Crippen LogP contribution in [-0.4, -0.2) is 18.4 Å². The summed E-state index contributed by atoms with van der Waals surface area (Å²) in [6.07, 6.45) is 0.443. The SMILES string of the molecule is CCNC(=O)c1cccc(NC(=O)CC(C)(C)C)c1. The van der Waals surface area contributed by atoms with Crippen LogP contribution in [0.25, 0.3) is 0 Å². The second-order valence-corrected chi connectivity index (χ2v) is 5.73. The maximum absolute atomic E-state index is 11.8. The van der Waals surface area contributed by atoms with Gasteiger partial charge in [-0.05, 0) is 30.5 Å². The fraction of sp³-hybridized carbons (Fsp3) is 0.467. The van der Waals surface area contributed by atoms with Gasteiger partial charge in [0.25, 0.3) is 5.91 Å². The zero-order chi connectivity index (χ0) is 14.5. The molecule has 0 aliphatic heterocycles. The molecule has 0 aliphatic rings. The smallest absolute Gasteiger partial charge is 0.251 e. The molecule has 0 aliphatic carbocycles. The molecule has 1 aromatic rings. The van der Waals surface area contributed by atoms with Crippen LogP contribution < -0.4 is 10.6 Å². The third kappa shape index (κ3) is 5.55. The van der Waals surface area contributed by atoms with Crippen molar-refractivity contribution in [2.45, 2.75) is 34.1 Å². The maximum Gasteiger partial charge on any atom is 0.251 e. The molecule has 19 heavy (non-hydrogen) atoms. The number of benzene rings is 1. The number of hydrogen-bond donors (Lipinski definition) is 2. The van der Waals surface area contributed by atoms with Crippen molar-refractivity contribution >= 4 is 17.5 Å². The highest BCUT2D eigenvalue weighted by Crippen LogP contribution is 2.20. The van der Waals surface area contributed by atoms with Crippen molar-refractivity contribution in [1.29, 1.82) is 0 Å². The number of nitrogens with one attached hydrogen (secondary N) is 2. The number of hydrogen-bond acceptors (Lipinski definition) is 2. The van der Waals surface area contributed by atoms with E-state index in [0.717, 1.165) is 0 Å². The molecule has 2 N–H and O–H groups in total. The van der Waals surface area contributed by atoms with Crippen molar-refractivity contribution in [3.63, 3.8) is 0 Å². The van der Waals surface area contributed by atoms with E-state index < -0.39 is 0 Å². The molecule has 2 amide bonds. The van der Waals surface area contributed by atoms with Gasteiger partial charge in [0, 0.05) is 24.2 Å². The number of rotatable bonds is 4. The van der Waals surface area contributed by atoms with E-state index in [0.29, 0.717) is 24.2 Å². The highest BCUT2D eigenvalue weighted by Gasteiger charge is 2.16. The zero-order valence-corrected chi connectivity index (χ0v) is 12.0. The second kappa shape index (κ2) is 6.36. The van der Waals surface area contributed by atoms with Crippen molar-refractivity contribution in [2.24, 2.45) is 5.41 Å². The molecule has 4 nitrogen and oxygen atoms in total. The maximum atomic E-state index is 11.8. The predicted molar refractivity (Wildman–Crippen MR) is 77.2 cm³/mol. The number of carbonyl (C=O) groups is 2. The van der Waals surface area contributed by atoms with Gasteiger partial charge in [-0.1, -0.05) is 26.8 Å². The van der Waals surface area contributed by atoms with E-state index in [1.54, 1.807) is 24.3 Å². The van der Waals surface area contributed by atoms with Crippen molar-refractivity contribution in [3.8, 4) is 0 Å². The van der Waals surface area contributed by atoms with Gasteiger partial charge >= 0.3 is 0 Å². The van der Waals surface area contributed by atoms with Crippen LogP contribution in [0.4, 0.5) is 5.69 Å². The Morgan fingerprint density at radius 1 is 1.21 bits per heavy atom. The van der Waals surface area contributed by atoms with Gasteiger partial charge in [-0.15, -0.1) is 0 Å². The first-order valence-corrected chi connectivity index (χ1v) is 6.50. The topological polar surface area (TPSA) is 58.2 Å². The summed E-state index contributed by atoms with van der Waals surface area (Å²) in [5.74, 6) is -0.171. The van der Waals surface area contributed by atoms with Crippen LogP contribution in [0.5, 0.6) is 0 Å². The van der Waals surface area contributed by atoms with Gasteiger partial charge in [0.05, 0.1) is 0 Å². The summed E-state index contributed by atoms with van der Waals surface area (Å²) in [5.41, 5.74) is 1.15. The number of carbonyl (C=O) groups excluding carboxylic acids is 2. The van der Waals surface area contributed by atoms with Crippen LogP contribution in [0.3, 0.4) is 0 Å². The van der Waals surface area contributed by atoms with Gasteiger partial charge < -0.3 is 10.6 Å². The first-order chi connectivity index (χ1) is 8.81. The Kier molecular flexibility index (Phi) is 5.10. The van der Waals surface area contributed by atoms with E-state index in [1.807, 2.05) is 27.7 Å². The monoisotopic (exact) mass is 262 g/mol. The third-order valence-electron chi connectivity index (χ3n) is 2.44. The molecule has 0 saturated heterocycles. The third-order valence-corrected chi connectivity index (χ3v) is 2.44. The lowest BCUT2D eigenvalue weighted by Gasteiger charge is -2.17. The fourth-order valence-corrected chi connectivity index (χ4v) is 1.69. The minimum absolute atomic E-state index is 0.0412. The van der Waals surface area contributed by atoms with Gasteiger partial charge in [-0.25, -0.2) is 0 Å². The lowest BCUT2D eigenvalue weighted by molar-refractivity contribution is -0.117. The van der Waals surface area contributed by atoms with Crippen molar-refractivity contribution < 1.29 is 9.59 Å². The summed E-state index contributed by atoms with van der Waals surface area (Å²) in [5, 5.41) is 5.55. The molecule has 0 heterocycles. The molecule has 0 radical (unpaired) electrons. The van der Waals surface area contributed by atoms with Gasteiger partial charge in [0.15, 0.2) is 0 Å². The predicted octanol–water partition coefficient (Wildman–Crippen LogP) is 2.81. The Labute approximate surface area is 114 Å². The Hall–Kier alpha value is -1.84. The summed E-state index contributed by atoms with van der Waals surface area (Å²) in [6, 6.07) is 6.95. The second-order valence-electron chi connectivity index (χ2n) is 5.73. The lowest BCUT2D eigenvalue weighted by atomic mass is 9.92. The average Bonchev–Trinajstić information content (AvgIpc) is 2.27. The molecule has 1 rings (SSSR count). The van der Waals surface area contributed by atoms with E-state index in [4.69, 9.17) is 0 Å². The zero-order valence-electron chi connectivity index (χ0n) is 12.0. The van der Waals surface area contributed by atoms with E-state index in [1.165, 1.54) is 0 Å². The Balaban J connectivity index is 2.72. The fourth-order valence-electron chi connectivity index (χ4n) is 1.69. The molecule has 0 aromatic heterocycles. The average molecular weight is 262 g/mol. The molecule has 1 aromatic carbocycles. The Morgan fingerprint density at radius 3 is 2.47 bits per heavy atom. The van der Waals surface area contributed by atoms with Gasteiger partial charge in [0.1, 0.15) is 0 Å². The highest BCUT2D eigenvalue weighted by atomic mass is 16.2. The van der Waals surface area contributed by atoms with E-state index in [-0.39, 0.29) is 17.2 Å². The Bertz CT molecular complexity index is 461. The number of anilines is 1. The molecule has 0 bridgehead atoms. The molecule has 104 valence electrons. The van der Waals surface area contributed by atoms with Crippen molar-refractivity contribution in [2.75, 3.05) is 11.9 Å². The van der Waals surface area contributed by atoms with Gasteiger partial charge in [-0.3, -0.25) is 9.59 Å². The van der Waals surface area contributed by atoms with E-state index in [2.05, 4.69) is 10.6 Å². The van der Waals surface area contributed by atoms with Crippen molar-refractivity contribution in [1.82, 2.24) is 5.32 Å². The first kappa shape index (κ1) is 15.2. The molecule has 0 atom stereocenters. The normalized spacial score (nSPS) is 10.9. The van der Waals surface area contributed by atoms with E-state index in [9.17, 15) is 9.59 Å². The number of amides is 2. The quantitative estimate of drug-likeness (QED) is 0.876. The molecular weight excluding hydrogens is 240 g/mol. The summed E-state index contributed by atoms with van der Waals surface area (Å²) in [4.78, 5) is 23.5. The minimum Gasteiger partial charge on any atom is -0.352 e. The molecule has 0 saturated carbocycles. The summed E-state index contributed by atoms with van der Waals surface area (Å²) < 4.78 is 0. The molecule has 0 fully saturated rings. The van der Waals surface area contributed by atoms with Gasteiger partial charge in [0.2, 0.25) is 5.91 Å². The van der Waals surface area contributed by atoms with Crippen LogP contribution in [-0.2, 0) is 4.79 Å². The van der Waals surface area contributed by atoms with Crippen molar-refractivity contribution in [3.05, 3.63) is 29.8 Å². The standard InChI is InChI=1S/C15H22N2O2/c1-5-16-14(19)11-7-6-8-12(9-11)17-13(18)10-15(2,3)4/h6-9H,5,10H2,1-4H3,(H,16,19)(H,17,18). The van der Waals surface area contributed by atoms with Gasteiger partial charge in [-0.2, -0.15) is 0 Å². The van der Waals surface area contributed by atoms with Crippen LogP contribution in [0.15, 0.2) is 24.3 Å². The molecule has 0 unspecified atom stereocenters. The molecular formula is C15H22N2O2. The minimum atomic E-state index is -0.130. The lowest BCUT2D eigenvalue weighted by Crippen LogP contribution is -2.23. The first-order valence-electron chi connectivity index (χ1n) is 6.50. The van der Waals surface area contributed by atoms with Crippen LogP contribution in [0.2, 0.25) is 0 Å². The molecule has 0 spiro atoms. The summed E-state index contributed by atoms with van der Waals surface area (Å²) in [7, 11) is 0. The van der Waals surface area contributed by atoms with Crippen LogP contribution in [0.1, 0.15) is 44.5 Å². The summed E-state index contributed by atoms with van der Waals surface area (Å²) >= 11 is 0.